The van der Waals surface area contributed by atoms with E-state index in [2.05, 4.69) is 53.1 Å². The van der Waals surface area contributed by atoms with Crippen molar-refractivity contribution in [2.75, 3.05) is 0 Å². The van der Waals surface area contributed by atoms with Crippen molar-refractivity contribution in [3.05, 3.63) is 0 Å². The van der Waals surface area contributed by atoms with Crippen LogP contribution in [0.2, 0.25) is 45.3 Å². The molecule has 1 unspecified atom stereocenters. The first-order chi connectivity index (χ1) is 8.47. The van der Waals surface area contributed by atoms with Crippen LogP contribution in [0.15, 0.2) is 0 Å². The fraction of sp³-hybridized carbons (Fsp3) is 1.00. The van der Waals surface area contributed by atoms with E-state index in [1.165, 1.54) is 38.1 Å². The molecular formula is C15H36OSi3. The Kier molecular flexibility index (Phi) is 5.37. The summed E-state index contributed by atoms with van der Waals surface area (Å²) in [7, 11) is -3.67. The van der Waals surface area contributed by atoms with Gasteiger partial charge in [-0.3, -0.25) is 0 Å². The summed E-state index contributed by atoms with van der Waals surface area (Å²) in [5.41, 5.74) is 0.210. The van der Waals surface area contributed by atoms with Gasteiger partial charge in [-0.25, -0.2) is 0 Å². The van der Waals surface area contributed by atoms with Gasteiger partial charge in [0.15, 0.2) is 7.83 Å². The molecule has 1 nitrogen and oxygen atoms in total. The van der Waals surface area contributed by atoms with Crippen LogP contribution in [-0.2, 0) is 4.43 Å². The lowest BCUT2D eigenvalue weighted by Gasteiger charge is -2.58. The van der Waals surface area contributed by atoms with E-state index < -0.39 is 22.5 Å². The highest BCUT2D eigenvalue weighted by Crippen LogP contribution is 2.45. The predicted molar refractivity (Wildman–Crippen MR) is 95.5 cm³/mol. The minimum absolute atomic E-state index is 0.210. The Hall–Kier alpha value is 0.611. The van der Waals surface area contributed by atoms with Crippen LogP contribution in [0.4, 0.5) is 0 Å². The molecule has 4 heteroatoms. The second kappa shape index (κ2) is 5.78. The van der Waals surface area contributed by atoms with E-state index in [0.717, 1.165) is 0 Å². The summed E-state index contributed by atoms with van der Waals surface area (Å²) in [6, 6.07) is 1.40. The maximum atomic E-state index is 6.83. The number of hydrogen-bond donors (Lipinski definition) is 0. The van der Waals surface area contributed by atoms with Gasteiger partial charge in [-0.2, -0.15) is 0 Å². The van der Waals surface area contributed by atoms with Gasteiger partial charge in [-0.1, -0.05) is 58.8 Å². The molecule has 1 atom stereocenters. The fourth-order valence-corrected chi connectivity index (χ4v) is 34.6. The monoisotopic (exact) mass is 316 g/mol. The molecule has 1 heterocycles. The molecule has 0 aromatic rings. The first kappa shape index (κ1) is 17.7. The second-order valence-electron chi connectivity index (χ2n) is 8.56. The maximum Gasteiger partial charge on any atom is 0.172 e. The summed E-state index contributed by atoms with van der Waals surface area (Å²) < 4.78 is 6.83. The molecule has 0 aromatic carbocycles. The molecule has 0 bridgehead atoms. The van der Waals surface area contributed by atoms with Gasteiger partial charge in [0, 0.05) is 7.59 Å². The van der Waals surface area contributed by atoms with Gasteiger partial charge < -0.3 is 4.43 Å². The van der Waals surface area contributed by atoms with Crippen molar-refractivity contribution < 1.29 is 4.43 Å². The van der Waals surface area contributed by atoms with Crippen LogP contribution in [0.3, 0.4) is 0 Å². The van der Waals surface area contributed by atoms with Gasteiger partial charge >= 0.3 is 0 Å². The molecule has 0 amide bonds. The third-order valence-corrected chi connectivity index (χ3v) is 46.6. The van der Waals surface area contributed by atoms with Crippen LogP contribution in [-0.4, -0.2) is 28.1 Å². The zero-order valence-corrected chi connectivity index (χ0v) is 17.7. The first-order valence-corrected chi connectivity index (χ1v) is 19.3. The number of hydrogen-bond acceptors (Lipinski definition) is 1. The summed E-state index contributed by atoms with van der Waals surface area (Å²) >= 11 is 0. The van der Waals surface area contributed by atoms with Crippen LogP contribution in [0.1, 0.15) is 46.0 Å². The summed E-state index contributed by atoms with van der Waals surface area (Å²) in [5.74, 6) is 0. The van der Waals surface area contributed by atoms with Crippen LogP contribution < -0.4 is 0 Å². The van der Waals surface area contributed by atoms with E-state index in [1.54, 1.807) is 0 Å². The maximum absolute atomic E-state index is 6.83. The standard InChI is InChI=1S/C15H36OSi3/c1-9-10-11-12-13-15(2)14-17(3,4)19(7,8)18(5,6)16-15/h9-14H2,1-8H3. The molecule has 1 aliphatic heterocycles. The van der Waals surface area contributed by atoms with Crippen molar-refractivity contribution >= 4 is 22.5 Å². The molecule has 1 rings (SSSR count). The van der Waals surface area contributed by atoms with Gasteiger partial charge in [-0.05, 0) is 32.5 Å². The van der Waals surface area contributed by atoms with Gasteiger partial charge in [0.05, 0.1) is 12.7 Å². The zero-order chi connectivity index (χ0) is 14.9. The normalized spacial score (nSPS) is 32.2. The SMILES string of the molecule is CCCCCCC1(C)C[Si](C)(C)[Si](C)(C)[Si](C)(C)O1. The quantitative estimate of drug-likeness (QED) is 0.479. The van der Waals surface area contributed by atoms with Crippen LogP contribution in [0.25, 0.3) is 0 Å². The molecular weight excluding hydrogens is 280 g/mol. The predicted octanol–water partition coefficient (Wildman–Crippen LogP) is 5.52. The van der Waals surface area contributed by atoms with Crippen molar-refractivity contribution in [3.63, 3.8) is 0 Å². The minimum Gasteiger partial charge on any atom is -0.415 e. The summed E-state index contributed by atoms with van der Waals surface area (Å²) in [5, 5.41) is 0. The molecule has 0 aliphatic carbocycles. The van der Waals surface area contributed by atoms with E-state index >= 15 is 0 Å². The van der Waals surface area contributed by atoms with E-state index in [0.29, 0.717) is 0 Å². The number of unbranched alkanes of at least 4 members (excludes halogenated alkanes) is 3. The van der Waals surface area contributed by atoms with Crippen LogP contribution in [0.5, 0.6) is 0 Å². The van der Waals surface area contributed by atoms with E-state index in [4.69, 9.17) is 4.43 Å². The van der Waals surface area contributed by atoms with E-state index in [1.807, 2.05) is 0 Å². The first-order valence-electron chi connectivity index (χ1n) is 8.18. The lowest BCUT2D eigenvalue weighted by molar-refractivity contribution is 0.0878. The Balaban J connectivity index is 2.78. The van der Waals surface area contributed by atoms with Crippen molar-refractivity contribution in [3.8, 4) is 0 Å². The van der Waals surface area contributed by atoms with Gasteiger partial charge in [0.2, 0.25) is 0 Å². The highest BCUT2D eigenvalue weighted by atomic mass is 29.6. The minimum atomic E-state index is -1.46. The lowest BCUT2D eigenvalue weighted by atomic mass is 10.00. The van der Waals surface area contributed by atoms with Crippen molar-refractivity contribution in [1.29, 1.82) is 0 Å². The smallest absolute Gasteiger partial charge is 0.172 e. The van der Waals surface area contributed by atoms with Crippen molar-refractivity contribution in [2.24, 2.45) is 0 Å². The Labute approximate surface area is 124 Å². The molecule has 0 radical (unpaired) electrons. The van der Waals surface area contributed by atoms with Gasteiger partial charge in [0.25, 0.3) is 0 Å². The largest absolute Gasteiger partial charge is 0.415 e. The molecule has 1 fully saturated rings. The molecule has 0 spiro atoms. The molecule has 0 saturated carbocycles. The Morgan fingerprint density at radius 1 is 0.947 bits per heavy atom. The van der Waals surface area contributed by atoms with E-state index in [9.17, 15) is 0 Å². The second-order valence-corrected chi connectivity index (χ2v) is 35.8. The van der Waals surface area contributed by atoms with Crippen LogP contribution >= 0.6 is 0 Å². The van der Waals surface area contributed by atoms with Gasteiger partial charge in [0.1, 0.15) is 0 Å². The molecule has 1 saturated heterocycles. The van der Waals surface area contributed by atoms with Crippen molar-refractivity contribution in [1.82, 2.24) is 0 Å². The lowest BCUT2D eigenvalue weighted by Crippen LogP contribution is -2.78. The fourth-order valence-electron chi connectivity index (χ4n) is 3.82. The molecule has 114 valence electrons. The molecule has 0 N–H and O–H groups in total. The highest BCUT2D eigenvalue weighted by Gasteiger charge is 2.61. The average Bonchev–Trinajstić information content (AvgIpc) is 2.20. The third-order valence-electron chi connectivity index (χ3n) is 6.07. The topological polar surface area (TPSA) is 9.23 Å². The van der Waals surface area contributed by atoms with Crippen LogP contribution in [0, 0.1) is 0 Å². The summed E-state index contributed by atoms with van der Waals surface area (Å²) in [4.78, 5) is 0. The average molecular weight is 317 g/mol. The Morgan fingerprint density at radius 2 is 1.53 bits per heavy atom. The summed E-state index contributed by atoms with van der Waals surface area (Å²) in [6.45, 7) is 20.3. The van der Waals surface area contributed by atoms with Crippen molar-refractivity contribution in [2.45, 2.75) is 96.9 Å². The molecule has 1 aliphatic rings. The molecule has 19 heavy (non-hydrogen) atoms. The zero-order valence-electron chi connectivity index (χ0n) is 14.7. The van der Waals surface area contributed by atoms with E-state index in [-0.39, 0.29) is 5.60 Å². The highest BCUT2D eigenvalue weighted by molar-refractivity contribution is 7.67. The Morgan fingerprint density at radius 3 is 2.00 bits per heavy atom. The summed E-state index contributed by atoms with van der Waals surface area (Å²) in [6.07, 6.45) is 6.77. The Bertz CT molecular complexity index is 291. The van der Waals surface area contributed by atoms with Gasteiger partial charge in [-0.15, -0.1) is 0 Å². The molecule has 0 aromatic heterocycles. The number of rotatable bonds is 5. The third kappa shape index (κ3) is 3.63.